The zero-order valence-corrected chi connectivity index (χ0v) is 21.9. The van der Waals surface area contributed by atoms with Crippen LogP contribution in [0.4, 0.5) is 15.8 Å². The van der Waals surface area contributed by atoms with Crippen LogP contribution in [-0.4, -0.2) is 22.7 Å². The topological polar surface area (TPSA) is 49.4 Å². The molecule has 10 heteroatoms. The first-order valence-corrected chi connectivity index (χ1v) is 12.4. The molecule has 182 valence electrons. The van der Waals surface area contributed by atoms with E-state index in [1.807, 2.05) is 0 Å². The summed E-state index contributed by atoms with van der Waals surface area (Å²) < 4.78 is 12.0. The molecular weight excluding hydrogens is 557 g/mol. The molecule has 0 aromatic heterocycles. The Morgan fingerprint density at radius 2 is 1.60 bits per heavy atom. The molecule has 0 heterocycles. The van der Waals surface area contributed by atoms with Crippen molar-refractivity contribution in [2.75, 3.05) is 16.8 Å². The van der Waals surface area contributed by atoms with Gasteiger partial charge in [0.1, 0.15) is 10.2 Å². The van der Waals surface area contributed by atoms with Gasteiger partial charge in [-0.3, -0.25) is 9.59 Å². The molecule has 2 amide bonds. The number of carbonyl (C=O) groups excluding carboxylic acids is 2. The molecule has 1 N–H and O–H groups in total. The van der Waals surface area contributed by atoms with Crippen LogP contribution < -0.4 is 10.2 Å². The van der Waals surface area contributed by atoms with Crippen LogP contribution in [0.2, 0.25) is 15.1 Å². The maximum absolute atomic E-state index is 13.3. The van der Waals surface area contributed by atoms with Crippen molar-refractivity contribution in [2.45, 2.75) is 17.2 Å². The highest BCUT2D eigenvalue weighted by Gasteiger charge is 2.67. The van der Waals surface area contributed by atoms with Gasteiger partial charge < -0.3 is 10.2 Å². The molecule has 0 bridgehead atoms. The maximum atomic E-state index is 13.3. The molecular formula is C25H18Cl5FN2O2. The predicted molar refractivity (Wildman–Crippen MR) is 141 cm³/mol. The Morgan fingerprint density at radius 3 is 2.20 bits per heavy atom. The van der Waals surface area contributed by atoms with Crippen LogP contribution in [0.3, 0.4) is 0 Å². The second-order valence-corrected chi connectivity index (χ2v) is 10.8. The molecule has 4 nitrogen and oxygen atoms in total. The van der Waals surface area contributed by atoms with Crippen molar-refractivity contribution in [3.63, 3.8) is 0 Å². The summed E-state index contributed by atoms with van der Waals surface area (Å²) in [7, 11) is 0. The van der Waals surface area contributed by atoms with Gasteiger partial charge in [-0.15, -0.1) is 23.2 Å². The van der Waals surface area contributed by atoms with Gasteiger partial charge in [-0.25, -0.2) is 4.39 Å². The van der Waals surface area contributed by atoms with Crippen molar-refractivity contribution in [3.8, 4) is 0 Å². The van der Waals surface area contributed by atoms with Gasteiger partial charge >= 0.3 is 0 Å². The number of nitrogens with one attached hydrogen (secondary N) is 1. The minimum absolute atomic E-state index is 0.174. The van der Waals surface area contributed by atoms with Gasteiger partial charge in [-0.2, -0.15) is 0 Å². The third kappa shape index (κ3) is 5.40. The lowest BCUT2D eigenvalue weighted by molar-refractivity contribution is -0.117. The smallest absolute Gasteiger partial charge is 0.259 e. The Balaban J connectivity index is 1.55. The van der Waals surface area contributed by atoms with Crippen molar-refractivity contribution in [1.82, 2.24) is 0 Å². The number of nitrogens with zero attached hydrogens (tertiary/aromatic N) is 1. The summed E-state index contributed by atoms with van der Waals surface area (Å²) in [5, 5.41) is 3.78. The minimum Gasteiger partial charge on any atom is -0.326 e. The van der Waals surface area contributed by atoms with E-state index >= 15 is 0 Å². The molecule has 0 spiro atoms. The van der Waals surface area contributed by atoms with Crippen LogP contribution in [0, 0.1) is 11.7 Å². The molecule has 0 radical (unpaired) electrons. The molecule has 3 aromatic rings. The number of hydrogen-bond donors (Lipinski definition) is 1. The monoisotopic (exact) mass is 572 g/mol. The number of hydrogen-bond acceptors (Lipinski definition) is 2. The molecule has 2 atom stereocenters. The van der Waals surface area contributed by atoms with Gasteiger partial charge in [-0.05, 0) is 73.2 Å². The third-order valence-electron chi connectivity index (χ3n) is 5.74. The minimum atomic E-state index is -1.34. The molecule has 1 fully saturated rings. The van der Waals surface area contributed by atoms with Gasteiger partial charge in [0.15, 0.2) is 0 Å². The summed E-state index contributed by atoms with van der Waals surface area (Å²) in [5.74, 6) is -2.51. The number of rotatable bonds is 6. The Hall–Kier alpha value is -2.02. The molecule has 35 heavy (non-hydrogen) atoms. The summed E-state index contributed by atoms with van der Waals surface area (Å²) in [6.07, 6.45) is 0. The van der Waals surface area contributed by atoms with Gasteiger partial charge in [0.25, 0.3) is 5.91 Å². The van der Waals surface area contributed by atoms with Gasteiger partial charge in [0.2, 0.25) is 5.91 Å². The van der Waals surface area contributed by atoms with E-state index in [9.17, 15) is 14.0 Å². The lowest BCUT2D eigenvalue weighted by atomic mass is 10.1. The Kier molecular flexibility index (Phi) is 7.56. The van der Waals surface area contributed by atoms with E-state index in [2.05, 4.69) is 5.32 Å². The molecule has 1 aliphatic carbocycles. The highest BCUT2D eigenvalue weighted by molar-refractivity contribution is 6.53. The highest BCUT2D eigenvalue weighted by atomic mass is 35.5. The average Bonchev–Trinajstić information content (AvgIpc) is 3.38. The lowest BCUT2D eigenvalue weighted by Crippen LogP contribution is -2.31. The number of benzene rings is 3. The molecule has 2 unspecified atom stereocenters. The van der Waals surface area contributed by atoms with E-state index in [0.717, 1.165) is 0 Å². The van der Waals surface area contributed by atoms with E-state index in [-0.39, 0.29) is 10.6 Å². The molecule has 1 saturated carbocycles. The molecule has 3 aromatic carbocycles. The number of amides is 2. The van der Waals surface area contributed by atoms with Gasteiger partial charge in [0, 0.05) is 33.9 Å². The van der Waals surface area contributed by atoms with Crippen LogP contribution in [0.1, 0.15) is 28.8 Å². The lowest BCUT2D eigenvalue weighted by Gasteiger charge is -2.22. The van der Waals surface area contributed by atoms with Crippen LogP contribution in [0.25, 0.3) is 0 Å². The molecule has 1 aliphatic rings. The Bertz CT molecular complexity index is 1280. The standard InChI is InChI=1S/C25H18Cl5FN2O2/c1-2-33(18-6-3-16(31)4-7-18)24(35)19-12-17(5-8-20(19)28)32-23(34)22-21(25(22,29)30)13-9-14(26)11-15(27)10-13/h3-12,21-22H,2H2,1H3,(H,32,34). The SMILES string of the molecule is CCN(C(=O)c1cc(NC(=O)C2C(c3cc(Cl)cc(Cl)c3)C2(Cl)Cl)ccc1Cl)c1ccc(F)cc1. The van der Waals surface area contributed by atoms with Crippen molar-refractivity contribution in [3.05, 3.63) is 92.7 Å². The van der Waals surface area contributed by atoms with Crippen LogP contribution >= 0.6 is 58.0 Å². The predicted octanol–water partition coefficient (Wildman–Crippen LogP) is 7.98. The summed E-state index contributed by atoms with van der Waals surface area (Å²) >= 11 is 31.3. The van der Waals surface area contributed by atoms with E-state index < -0.39 is 33.8 Å². The third-order valence-corrected chi connectivity index (χ3v) is 7.45. The van der Waals surface area contributed by atoms with E-state index in [1.54, 1.807) is 31.2 Å². The quantitative estimate of drug-likeness (QED) is 0.304. The molecule has 4 rings (SSSR count). The normalized spacial score (nSPS) is 18.1. The number of carbonyl (C=O) groups is 2. The van der Waals surface area contributed by atoms with Crippen LogP contribution in [0.15, 0.2) is 60.7 Å². The van der Waals surface area contributed by atoms with Crippen molar-refractivity contribution in [1.29, 1.82) is 0 Å². The summed E-state index contributed by atoms with van der Waals surface area (Å²) in [5.41, 5.74) is 1.68. The Morgan fingerprint density at radius 1 is 0.971 bits per heavy atom. The van der Waals surface area contributed by atoms with E-state index in [1.165, 1.54) is 41.3 Å². The highest BCUT2D eigenvalue weighted by Crippen LogP contribution is 2.65. The van der Waals surface area contributed by atoms with Crippen molar-refractivity contribution in [2.24, 2.45) is 5.92 Å². The van der Waals surface area contributed by atoms with Crippen LogP contribution in [-0.2, 0) is 4.79 Å². The number of anilines is 2. The van der Waals surface area contributed by atoms with Crippen LogP contribution in [0.5, 0.6) is 0 Å². The fraction of sp³-hybridized carbons (Fsp3) is 0.200. The number of alkyl halides is 2. The summed E-state index contributed by atoms with van der Waals surface area (Å²) in [6.45, 7) is 2.11. The summed E-state index contributed by atoms with van der Waals surface area (Å²) in [4.78, 5) is 27.7. The zero-order chi connectivity index (χ0) is 25.5. The van der Waals surface area contributed by atoms with Gasteiger partial charge in [0.05, 0.1) is 16.5 Å². The molecule has 0 aliphatic heterocycles. The maximum Gasteiger partial charge on any atom is 0.259 e. The first kappa shape index (κ1) is 26.1. The van der Waals surface area contributed by atoms with E-state index in [4.69, 9.17) is 58.0 Å². The fourth-order valence-electron chi connectivity index (χ4n) is 4.02. The van der Waals surface area contributed by atoms with Gasteiger partial charge in [-0.1, -0.05) is 34.8 Å². The average molecular weight is 575 g/mol. The van der Waals surface area contributed by atoms with E-state index in [0.29, 0.717) is 33.5 Å². The second-order valence-electron chi connectivity index (χ2n) is 8.04. The molecule has 0 saturated heterocycles. The van der Waals surface area contributed by atoms with Crippen molar-refractivity contribution < 1.29 is 14.0 Å². The first-order chi connectivity index (χ1) is 16.5. The number of halogens is 6. The first-order valence-electron chi connectivity index (χ1n) is 10.5. The fourth-order valence-corrected chi connectivity index (χ4v) is 5.59. The zero-order valence-electron chi connectivity index (χ0n) is 18.2. The second kappa shape index (κ2) is 10.2. The van der Waals surface area contributed by atoms with Crippen molar-refractivity contribution >= 4 is 81.2 Å². The Labute approximate surface area is 226 Å². The largest absolute Gasteiger partial charge is 0.326 e. The summed E-state index contributed by atoms with van der Waals surface area (Å²) in [6, 6.07) is 15.0.